The van der Waals surface area contributed by atoms with Crippen LogP contribution >= 0.6 is 0 Å². The van der Waals surface area contributed by atoms with E-state index >= 15 is 0 Å². The molecule has 0 bridgehead atoms. The van der Waals surface area contributed by atoms with Gasteiger partial charge in [-0.1, -0.05) is 13.8 Å². The van der Waals surface area contributed by atoms with Gasteiger partial charge < -0.3 is 20.5 Å². The number of nitrogens with zero attached hydrogens (tertiary/aromatic N) is 3. The maximum absolute atomic E-state index is 8.81. The van der Waals surface area contributed by atoms with E-state index in [0.29, 0.717) is 12.4 Å². The molecule has 21 heavy (non-hydrogen) atoms. The molecule has 0 aromatic carbocycles. The number of anilines is 2. The van der Waals surface area contributed by atoms with Gasteiger partial charge in [-0.2, -0.15) is 0 Å². The van der Waals surface area contributed by atoms with Crippen LogP contribution in [0.1, 0.15) is 44.0 Å². The first-order valence-electron chi connectivity index (χ1n) is 7.64. The fourth-order valence-corrected chi connectivity index (χ4v) is 2.56. The first-order chi connectivity index (χ1) is 10.0. The van der Waals surface area contributed by atoms with Crippen molar-refractivity contribution in [2.24, 2.45) is 0 Å². The van der Waals surface area contributed by atoms with Gasteiger partial charge in [0.1, 0.15) is 17.5 Å². The molecule has 1 saturated heterocycles. The van der Waals surface area contributed by atoms with Crippen molar-refractivity contribution in [1.29, 1.82) is 0 Å². The summed E-state index contributed by atoms with van der Waals surface area (Å²) in [7, 11) is 0. The third-order valence-electron chi connectivity index (χ3n) is 3.88. The Hall–Kier alpha value is -1.40. The SMILES string of the molecule is Cc1c(N)nc(C(C)C)nc1N1CCC(OCCO)CC1. The van der Waals surface area contributed by atoms with Crippen LogP contribution in [0.25, 0.3) is 0 Å². The number of ether oxygens (including phenoxy) is 1. The van der Waals surface area contributed by atoms with E-state index in [-0.39, 0.29) is 18.6 Å². The van der Waals surface area contributed by atoms with Crippen LogP contribution in [0.4, 0.5) is 11.6 Å². The Bertz CT molecular complexity index is 471. The van der Waals surface area contributed by atoms with E-state index in [1.54, 1.807) is 0 Å². The Labute approximate surface area is 126 Å². The summed E-state index contributed by atoms with van der Waals surface area (Å²) in [6, 6.07) is 0. The van der Waals surface area contributed by atoms with Crippen molar-refractivity contribution >= 4 is 11.6 Å². The molecule has 1 fully saturated rings. The summed E-state index contributed by atoms with van der Waals surface area (Å²) in [6.45, 7) is 8.41. The maximum Gasteiger partial charge on any atom is 0.137 e. The van der Waals surface area contributed by atoms with Gasteiger partial charge in [0, 0.05) is 24.6 Å². The predicted octanol–water partition coefficient (Wildman–Crippen LogP) is 1.47. The molecule has 6 nitrogen and oxygen atoms in total. The minimum atomic E-state index is 0.0829. The topological polar surface area (TPSA) is 84.5 Å². The van der Waals surface area contributed by atoms with E-state index in [9.17, 15) is 0 Å². The second-order valence-corrected chi connectivity index (χ2v) is 5.85. The lowest BCUT2D eigenvalue weighted by Crippen LogP contribution is -2.38. The number of hydrogen-bond donors (Lipinski definition) is 2. The van der Waals surface area contributed by atoms with Gasteiger partial charge in [-0.05, 0) is 19.8 Å². The zero-order valence-electron chi connectivity index (χ0n) is 13.2. The van der Waals surface area contributed by atoms with Gasteiger partial charge in [0.15, 0.2) is 0 Å². The molecule has 1 aliphatic heterocycles. The van der Waals surface area contributed by atoms with Gasteiger partial charge in [0.2, 0.25) is 0 Å². The number of nitrogens with two attached hydrogens (primary N) is 1. The smallest absolute Gasteiger partial charge is 0.137 e. The van der Waals surface area contributed by atoms with Crippen LogP contribution in [0.5, 0.6) is 0 Å². The number of piperidine rings is 1. The molecule has 0 spiro atoms. The highest BCUT2D eigenvalue weighted by molar-refractivity contribution is 5.56. The summed E-state index contributed by atoms with van der Waals surface area (Å²) in [5.41, 5.74) is 6.98. The Morgan fingerprint density at radius 2 is 2.00 bits per heavy atom. The highest BCUT2D eigenvalue weighted by Gasteiger charge is 2.23. The van der Waals surface area contributed by atoms with E-state index in [0.717, 1.165) is 43.1 Å². The number of rotatable bonds is 5. The molecule has 0 aliphatic carbocycles. The minimum Gasteiger partial charge on any atom is -0.394 e. The van der Waals surface area contributed by atoms with Gasteiger partial charge in [0.05, 0.1) is 19.3 Å². The van der Waals surface area contributed by atoms with Crippen LogP contribution in [0, 0.1) is 6.92 Å². The molecule has 2 heterocycles. The average molecular weight is 294 g/mol. The Morgan fingerprint density at radius 3 is 2.57 bits per heavy atom. The van der Waals surface area contributed by atoms with Gasteiger partial charge >= 0.3 is 0 Å². The molecule has 0 unspecified atom stereocenters. The van der Waals surface area contributed by atoms with Gasteiger partial charge in [-0.25, -0.2) is 9.97 Å². The molecule has 3 N–H and O–H groups in total. The molecule has 1 aliphatic rings. The molecule has 1 aromatic heterocycles. The molecule has 1 aromatic rings. The first-order valence-corrected chi connectivity index (χ1v) is 7.64. The number of hydrogen-bond acceptors (Lipinski definition) is 6. The van der Waals surface area contributed by atoms with Crippen molar-refractivity contribution in [2.45, 2.75) is 45.6 Å². The number of aliphatic hydroxyl groups excluding tert-OH is 1. The molecular formula is C15H26N4O2. The second-order valence-electron chi connectivity index (χ2n) is 5.85. The summed E-state index contributed by atoms with van der Waals surface area (Å²) in [5, 5.41) is 8.81. The third-order valence-corrected chi connectivity index (χ3v) is 3.88. The standard InChI is InChI=1S/C15H26N4O2/c1-10(2)14-17-13(16)11(3)15(18-14)19-6-4-12(5-7-19)21-9-8-20/h10,12,20H,4-9H2,1-3H3,(H2,16,17,18). The number of aromatic nitrogens is 2. The van der Waals surface area contributed by atoms with E-state index in [1.807, 2.05) is 6.92 Å². The van der Waals surface area contributed by atoms with Crippen molar-refractivity contribution in [3.05, 3.63) is 11.4 Å². The lowest BCUT2D eigenvalue weighted by Gasteiger charge is -2.33. The summed E-state index contributed by atoms with van der Waals surface area (Å²) in [5.74, 6) is 2.58. The zero-order valence-corrected chi connectivity index (χ0v) is 13.2. The van der Waals surface area contributed by atoms with Crippen LogP contribution in [0.15, 0.2) is 0 Å². The quantitative estimate of drug-likeness (QED) is 0.855. The molecule has 2 rings (SSSR count). The van der Waals surface area contributed by atoms with Crippen LogP contribution in [0.2, 0.25) is 0 Å². The molecule has 0 saturated carbocycles. The van der Waals surface area contributed by atoms with E-state index in [4.69, 9.17) is 20.6 Å². The largest absolute Gasteiger partial charge is 0.394 e. The van der Waals surface area contributed by atoms with Crippen molar-refractivity contribution in [1.82, 2.24) is 9.97 Å². The lowest BCUT2D eigenvalue weighted by atomic mass is 10.1. The molecule has 0 radical (unpaired) electrons. The number of nitrogen functional groups attached to an aromatic ring is 1. The maximum atomic E-state index is 8.81. The average Bonchev–Trinajstić information content (AvgIpc) is 2.48. The van der Waals surface area contributed by atoms with E-state index in [2.05, 4.69) is 23.7 Å². The second kappa shape index (κ2) is 7.04. The normalized spacial score (nSPS) is 16.7. The fraction of sp³-hybridized carbons (Fsp3) is 0.733. The lowest BCUT2D eigenvalue weighted by molar-refractivity contribution is 0.0158. The van der Waals surface area contributed by atoms with Crippen molar-refractivity contribution in [3.63, 3.8) is 0 Å². The Balaban J connectivity index is 2.09. The summed E-state index contributed by atoms with van der Waals surface area (Å²) < 4.78 is 5.60. The minimum absolute atomic E-state index is 0.0829. The highest BCUT2D eigenvalue weighted by atomic mass is 16.5. The van der Waals surface area contributed by atoms with Crippen LogP contribution < -0.4 is 10.6 Å². The van der Waals surface area contributed by atoms with Gasteiger partial charge in [-0.3, -0.25) is 0 Å². The molecule has 118 valence electrons. The highest BCUT2D eigenvalue weighted by Crippen LogP contribution is 2.27. The van der Waals surface area contributed by atoms with Crippen molar-refractivity contribution in [2.75, 3.05) is 36.9 Å². The fourth-order valence-electron chi connectivity index (χ4n) is 2.56. The molecule has 0 atom stereocenters. The van der Waals surface area contributed by atoms with Gasteiger partial charge in [0.25, 0.3) is 0 Å². The summed E-state index contributed by atoms with van der Waals surface area (Å²) in [4.78, 5) is 11.3. The zero-order chi connectivity index (χ0) is 15.4. The van der Waals surface area contributed by atoms with Crippen LogP contribution in [-0.2, 0) is 4.74 Å². The summed E-state index contributed by atoms with van der Waals surface area (Å²) in [6.07, 6.45) is 2.12. The monoisotopic (exact) mass is 294 g/mol. The summed E-state index contributed by atoms with van der Waals surface area (Å²) >= 11 is 0. The predicted molar refractivity (Wildman–Crippen MR) is 83.5 cm³/mol. The first kappa shape index (κ1) is 16.0. The Morgan fingerprint density at radius 1 is 1.33 bits per heavy atom. The van der Waals surface area contributed by atoms with Crippen molar-refractivity contribution in [3.8, 4) is 0 Å². The van der Waals surface area contributed by atoms with Gasteiger partial charge in [-0.15, -0.1) is 0 Å². The Kier molecular flexibility index (Phi) is 5.36. The van der Waals surface area contributed by atoms with E-state index < -0.39 is 0 Å². The molecule has 6 heteroatoms. The number of aliphatic hydroxyl groups is 1. The molecule has 0 amide bonds. The van der Waals surface area contributed by atoms with Crippen molar-refractivity contribution < 1.29 is 9.84 Å². The third kappa shape index (κ3) is 3.83. The van der Waals surface area contributed by atoms with Crippen LogP contribution in [0.3, 0.4) is 0 Å². The molecular weight excluding hydrogens is 268 g/mol. The van der Waals surface area contributed by atoms with Crippen LogP contribution in [-0.4, -0.2) is 47.5 Å². The van der Waals surface area contributed by atoms with E-state index in [1.165, 1.54) is 0 Å².